The van der Waals surface area contributed by atoms with Crippen molar-refractivity contribution >= 4 is 35.7 Å². The second kappa shape index (κ2) is 8.67. The molecule has 0 radical (unpaired) electrons. The van der Waals surface area contributed by atoms with Crippen LogP contribution < -0.4 is 10.6 Å². The molecule has 1 aromatic heterocycles. The summed E-state index contributed by atoms with van der Waals surface area (Å²) in [5.41, 5.74) is 0.813. The molecule has 1 aromatic carbocycles. The van der Waals surface area contributed by atoms with Crippen molar-refractivity contribution in [3.63, 3.8) is 0 Å². The topological polar surface area (TPSA) is 59.0 Å². The molecule has 2 N–H and O–H groups in total. The molecule has 5 nitrogen and oxygen atoms in total. The number of amides is 1. The molecule has 21 heavy (non-hydrogen) atoms. The van der Waals surface area contributed by atoms with E-state index in [1.807, 2.05) is 19.2 Å². The highest BCUT2D eigenvalue weighted by Crippen LogP contribution is 2.18. The van der Waals surface area contributed by atoms with E-state index in [9.17, 15) is 4.79 Å². The Labute approximate surface area is 135 Å². The predicted molar refractivity (Wildman–Crippen MR) is 87.6 cm³/mol. The Balaban J connectivity index is 0.00000220. The number of nitrogens with one attached hydrogen (secondary N) is 2. The van der Waals surface area contributed by atoms with E-state index < -0.39 is 0 Å². The largest absolute Gasteiger partial charge is 0.320 e. The molecule has 0 bridgehead atoms. The number of rotatable bonds is 6. The second-order valence-corrected chi connectivity index (χ2v) is 4.80. The van der Waals surface area contributed by atoms with Gasteiger partial charge in [-0.1, -0.05) is 17.7 Å². The Morgan fingerprint density at radius 3 is 2.90 bits per heavy atom. The van der Waals surface area contributed by atoms with Gasteiger partial charge in [-0.05, 0) is 38.2 Å². The minimum atomic E-state index is -0.0240. The van der Waals surface area contributed by atoms with Gasteiger partial charge in [0.15, 0.2) is 0 Å². The summed E-state index contributed by atoms with van der Waals surface area (Å²) >= 11 is 5.97. The molecule has 2 aromatic rings. The fraction of sp³-hybridized carbons (Fsp3) is 0.286. The molecule has 1 amide bonds. The third-order valence-corrected chi connectivity index (χ3v) is 3.03. The Bertz CT molecular complexity index is 586. The van der Waals surface area contributed by atoms with Gasteiger partial charge in [-0.25, -0.2) is 4.68 Å². The van der Waals surface area contributed by atoms with Crippen molar-refractivity contribution in [3.05, 3.63) is 41.6 Å². The van der Waals surface area contributed by atoms with Crippen molar-refractivity contribution < 1.29 is 4.79 Å². The average Bonchev–Trinajstić information content (AvgIpc) is 2.87. The summed E-state index contributed by atoms with van der Waals surface area (Å²) in [5.74, 6) is 0.616. The van der Waals surface area contributed by atoms with Crippen LogP contribution in [0.25, 0.3) is 5.69 Å². The number of aromatic nitrogens is 2. The highest BCUT2D eigenvalue weighted by molar-refractivity contribution is 6.30. The molecule has 0 aliphatic heterocycles. The van der Waals surface area contributed by atoms with Gasteiger partial charge in [0.05, 0.1) is 11.9 Å². The first-order chi connectivity index (χ1) is 9.70. The monoisotopic (exact) mass is 328 g/mol. The molecule has 2 rings (SSSR count). The maximum absolute atomic E-state index is 11.8. The molecule has 0 fully saturated rings. The van der Waals surface area contributed by atoms with E-state index >= 15 is 0 Å². The molecule has 0 aliphatic carbocycles. The summed E-state index contributed by atoms with van der Waals surface area (Å²) in [6, 6.07) is 9.08. The molecule has 0 saturated heterocycles. The van der Waals surface area contributed by atoms with Crippen LogP contribution in [0.1, 0.15) is 12.8 Å². The lowest BCUT2D eigenvalue weighted by Gasteiger charge is -2.09. The van der Waals surface area contributed by atoms with Crippen molar-refractivity contribution in [1.82, 2.24) is 15.1 Å². The first-order valence-corrected chi connectivity index (χ1v) is 6.83. The van der Waals surface area contributed by atoms with Gasteiger partial charge >= 0.3 is 0 Å². The first-order valence-electron chi connectivity index (χ1n) is 6.45. The summed E-state index contributed by atoms with van der Waals surface area (Å²) in [6.45, 7) is 0.820. The molecule has 114 valence electrons. The van der Waals surface area contributed by atoms with Crippen LogP contribution in [0.15, 0.2) is 36.5 Å². The summed E-state index contributed by atoms with van der Waals surface area (Å²) in [4.78, 5) is 11.8. The normalized spacial score (nSPS) is 10.0. The van der Waals surface area contributed by atoms with Crippen LogP contribution >= 0.6 is 24.0 Å². The molecule has 7 heteroatoms. The van der Waals surface area contributed by atoms with E-state index in [4.69, 9.17) is 11.6 Å². The van der Waals surface area contributed by atoms with Gasteiger partial charge in [0, 0.05) is 17.5 Å². The lowest BCUT2D eigenvalue weighted by Crippen LogP contribution is -2.17. The number of hydrogen-bond donors (Lipinski definition) is 2. The summed E-state index contributed by atoms with van der Waals surface area (Å²) in [6.07, 6.45) is 2.92. The Morgan fingerprint density at radius 2 is 2.19 bits per heavy atom. The van der Waals surface area contributed by atoms with Crippen molar-refractivity contribution in [3.8, 4) is 5.69 Å². The maximum atomic E-state index is 11.8. The Morgan fingerprint density at radius 1 is 1.38 bits per heavy atom. The quantitative estimate of drug-likeness (QED) is 0.801. The maximum Gasteiger partial charge on any atom is 0.225 e. The van der Waals surface area contributed by atoms with E-state index in [-0.39, 0.29) is 18.3 Å². The van der Waals surface area contributed by atoms with Gasteiger partial charge in [-0.3, -0.25) is 4.79 Å². The number of anilines is 1. The highest BCUT2D eigenvalue weighted by Gasteiger charge is 2.08. The van der Waals surface area contributed by atoms with Crippen molar-refractivity contribution in [2.24, 2.45) is 0 Å². The van der Waals surface area contributed by atoms with E-state index in [1.165, 1.54) is 0 Å². The second-order valence-electron chi connectivity index (χ2n) is 4.36. The van der Waals surface area contributed by atoms with Gasteiger partial charge in [0.2, 0.25) is 5.91 Å². The van der Waals surface area contributed by atoms with Gasteiger partial charge in [0.1, 0.15) is 5.82 Å². The number of carbonyl (C=O) groups excluding carboxylic acids is 1. The third-order valence-electron chi connectivity index (χ3n) is 2.79. The summed E-state index contributed by atoms with van der Waals surface area (Å²) < 4.78 is 1.65. The molecule has 0 spiro atoms. The fourth-order valence-corrected chi connectivity index (χ4v) is 2.03. The van der Waals surface area contributed by atoms with Crippen LogP contribution in [0.2, 0.25) is 5.02 Å². The van der Waals surface area contributed by atoms with Crippen LogP contribution in [0.5, 0.6) is 0 Å². The van der Waals surface area contributed by atoms with Crippen molar-refractivity contribution in [2.75, 3.05) is 18.9 Å². The van der Waals surface area contributed by atoms with Crippen molar-refractivity contribution in [1.29, 1.82) is 0 Å². The molecular weight excluding hydrogens is 311 g/mol. The zero-order valence-corrected chi connectivity index (χ0v) is 13.2. The van der Waals surface area contributed by atoms with Gasteiger partial charge in [-0.2, -0.15) is 5.10 Å². The van der Waals surface area contributed by atoms with Crippen LogP contribution in [-0.2, 0) is 4.79 Å². The highest BCUT2D eigenvalue weighted by atomic mass is 35.5. The zero-order valence-electron chi connectivity index (χ0n) is 11.7. The fourth-order valence-electron chi connectivity index (χ4n) is 1.84. The van der Waals surface area contributed by atoms with Crippen LogP contribution in [0.4, 0.5) is 5.82 Å². The Kier molecular flexibility index (Phi) is 7.22. The van der Waals surface area contributed by atoms with E-state index in [0.29, 0.717) is 17.3 Å². The number of carbonyl (C=O) groups is 1. The number of halogens is 2. The first kappa shape index (κ1) is 17.5. The molecule has 0 saturated carbocycles. The standard InChI is InChI=1S/C14H17ClN4O.ClH/c1-16-8-3-6-14(20)18-13-7-9-17-19(13)12-5-2-4-11(15)10-12;/h2,4-5,7,9-10,16H,3,6,8H2,1H3,(H,18,20);1H. The zero-order chi connectivity index (χ0) is 14.4. The summed E-state index contributed by atoms with van der Waals surface area (Å²) in [7, 11) is 1.87. The lowest BCUT2D eigenvalue weighted by atomic mass is 10.3. The number of nitrogens with zero attached hydrogens (tertiary/aromatic N) is 2. The minimum Gasteiger partial charge on any atom is -0.320 e. The molecule has 0 unspecified atom stereocenters. The number of hydrogen-bond acceptors (Lipinski definition) is 3. The number of benzene rings is 1. The van der Waals surface area contributed by atoms with Gasteiger partial charge in [-0.15, -0.1) is 12.4 Å². The molecule has 0 atom stereocenters. The average molecular weight is 329 g/mol. The van der Waals surface area contributed by atoms with E-state index in [2.05, 4.69) is 15.7 Å². The lowest BCUT2D eigenvalue weighted by molar-refractivity contribution is -0.116. The van der Waals surface area contributed by atoms with Crippen LogP contribution in [0, 0.1) is 0 Å². The van der Waals surface area contributed by atoms with Crippen molar-refractivity contribution in [2.45, 2.75) is 12.8 Å². The van der Waals surface area contributed by atoms with E-state index in [1.54, 1.807) is 29.1 Å². The predicted octanol–water partition coefficient (Wildman–Crippen LogP) is 2.89. The molecule has 1 heterocycles. The molecular formula is C14H18Cl2N4O. The summed E-state index contributed by atoms with van der Waals surface area (Å²) in [5, 5.41) is 10.7. The SMILES string of the molecule is CNCCCC(=O)Nc1ccnn1-c1cccc(Cl)c1.Cl. The van der Waals surface area contributed by atoms with Crippen LogP contribution in [0.3, 0.4) is 0 Å². The van der Waals surface area contributed by atoms with Crippen LogP contribution in [-0.4, -0.2) is 29.3 Å². The smallest absolute Gasteiger partial charge is 0.225 e. The molecule has 0 aliphatic rings. The minimum absolute atomic E-state index is 0. The van der Waals surface area contributed by atoms with Gasteiger partial charge < -0.3 is 10.6 Å². The Hall–Kier alpha value is -1.56. The van der Waals surface area contributed by atoms with Gasteiger partial charge in [0.25, 0.3) is 0 Å². The van der Waals surface area contributed by atoms with E-state index in [0.717, 1.165) is 18.7 Å². The third kappa shape index (κ3) is 5.04.